The number of rotatable bonds is 7. The Morgan fingerprint density at radius 1 is 0.893 bits per heavy atom. The molecule has 4 rings (SSSR count). The molecule has 0 aromatic heterocycles. The number of piperidine rings is 1. The summed E-state index contributed by atoms with van der Waals surface area (Å²) >= 11 is 0. The summed E-state index contributed by atoms with van der Waals surface area (Å²) in [7, 11) is 0. The van der Waals surface area contributed by atoms with E-state index in [4.69, 9.17) is 4.74 Å². The van der Waals surface area contributed by atoms with Crippen molar-refractivity contribution < 1.29 is 9.84 Å². The van der Waals surface area contributed by atoms with Crippen LogP contribution in [0.15, 0.2) is 54.6 Å². The Bertz CT molecular complexity index is 745. The Kier molecular flexibility index (Phi) is 6.30. The van der Waals surface area contributed by atoms with Crippen molar-refractivity contribution in [1.29, 1.82) is 0 Å². The lowest BCUT2D eigenvalue weighted by molar-refractivity contribution is 0.0453. The molecule has 0 aliphatic carbocycles. The van der Waals surface area contributed by atoms with Gasteiger partial charge in [0.1, 0.15) is 18.0 Å². The van der Waals surface area contributed by atoms with Gasteiger partial charge in [-0.3, -0.25) is 9.80 Å². The predicted molar refractivity (Wildman–Crippen MR) is 112 cm³/mol. The van der Waals surface area contributed by atoms with Crippen LogP contribution in [0.5, 0.6) is 5.75 Å². The summed E-state index contributed by atoms with van der Waals surface area (Å²) in [5.74, 6) is 0.951. The standard InChI is InChI=1S/C24H32N2O2/c27-24(22-9-3-1-4-10-22)12-15-26(20-24)19-21-8-7-11-23(18-21)28-17-16-25-13-5-2-6-14-25/h1,3-4,7-11,18,27H,2,5-6,12-17,19-20H2/t24-/m0/s1. The van der Waals surface area contributed by atoms with E-state index < -0.39 is 5.60 Å². The molecule has 0 saturated carbocycles. The molecule has 0 spiro atoms. The highest BCUT2D eigenvalue weighted by molar-refractivity contribution is 5.29. The second-order valence-electron chi connectivity index (χ2n) is 8.26. The van der Waals surface area contributed by atoms with Gasteiger partial charge in [0.2, 0.25) is 0 Å². The number of β-amino-alcohol motifs (C(OH)–C–C–N with tert-alkyl or cyclic N) is 1. The van der Waals surface area contributed by atoms with Crippen LogP contribution in [0.3, 0.4) is 0 Å². The van der Waals surface area contributed by atoms with E-state index in [1.807, 2.05) is 36.4 Å². The maximum Gasteiger partial charge on any atom is 0.119 e. The lowest BCUT2D eigenvalue weighted by atomic mass is 9.93. The molecule has 2 aliphatic rings. The van der Waals surface area contributed by atoms with Gasteiger partial charge in [0.05, 0.1) is 0 Å². The number of nitrogens with zero attached hydrogens (tertiary/aromatic N) is 2. The highest BCUT2D eigenvalue weighted by Gasteiger charge is 2.37. The van der Waals surface area contributed by atoms with E-state index in [0.717, 1.165) is 44.0 Å². The van der Waals surface area contributed by atoms with Crippen molar-refractivity contribution in [3.05, 3.63) is 65.7 Å². The molecule has 150 valence electrons. The van der Waals surface area contributed by atoms with E-state index in [2.05, 4.69) is 28.0 Å². The van der Waals surface area contributed by atoms with E-state index in [0.29, 0.717) is 6.54 Å². The molecule has 1 atom stereocenters. The van der Waals surface area contributed by atoms with Gasteiger partial charge in [-0.05, 0) is 55.6 Å². The quantitative estimate of drug-likeness (QED) is 0.795. The van der Waals surface area contributed by atoms with E-state index in [-0.39, 0.29) is 0 Å². The molecule has 0 unspecified atom stereocenters. The Balaban J connectivity index is 1.29. The van der Waals surface area contributed by atoms with E-state index >= 15 is 0 Å². The number of benzene rings is 2. The van der Waals surface area contributed by atoms with Gasteiger partial charge in [-0.25, -0.2) is 0 Å². The maximum absolute atomic E-state index is 11.0. The van der Waals surface area contributed by atoms with Gasteiger partial charge in [-0.15, -0.1) is 0 Å². The highest BCUT2D eigenvalue weighted by Crippen LogP contribution is 2.32. The first-order chi connectivity index (χ1) is 13.7. The summed E-state index contributed by atoms with van der Waals surface area (Å²) in [5, 5.41) is 11.0. The van der Waals surface area contributed by atoms with Crippen LogP contribution in [0.25, 0.3) is 0 Å². The first-order valence-corrected chi connectivity index (χ1v) is 10.7. The van der Waals surface area contributed by atoms with Gasteiger partial charge >= 0.3 is 0 Å². The molecule has 2 saturated heterocycles. The lowest BCUT2D eigenvalue weighted by Gasteiger charge is -2.26. The number of likely N-dealkylation sites (tertiary alicyclic amines) is 2. The van der Waals surface area contributed by atoms with Crippen molar-refractivity contribution in [3.63, 3.8) is 0 Å². The molecule has 0 amide bonds. The third kappa shape index (κ3) is 4.93. The van der Waals surface area contributed by atoms with Crippen molar-refractivity contribution in [3.8, 4) is 5.75 Å². The third-order valence-corrected chi connectivity index (χ3v) is 6.07. The first kappa shape index (κ1) is 19.4. The molecule has 2 aliphatic heterocycles. The molecule has 2 fully saturated rings. The van der Waals surface area contributed by atoms with Gasteiger partial charge in [0, 0.05) is 26.2 Å². The summed E-state index contributed by atoms with van der Waals surface area (Å²) < 4.78 is 6.01. The fraction of sp³-hybridized carbons (Fsp3) is 0.500. The first-order valence-electron chi connectivity index (χ1n) is 10.7. The fourth-order valence-corrected chi connectivity index (χ4v) is 4.46. The Morgan fingerprint density at radius 3 is 2.54 bits per heavy atom. The molecule has 4 nitrogen and oxygen atoms in total. The number of hydrogen-bond donors (Lipinski definition) is 1. The average molecular weight is 381 g/mol. The van der Waals surface area contributed by atoms with Crippen molar-refractivity contribution in [2.75, 3.05) is 39.3 Å². The van der Waals surface area contributed by atoms with Crippen LogP contribution in [0.4, 0.5) is 0 Å². The fourth-order valence-electron chi connectivity index (χ4n) is 4.46. The van der Waals surface area contributed by atoms with Gasteiger partial charge in [0.25, 0.3) is 0 Å². The van der Waals surface area contributed by atoms with Crippen molar-refractivity contribution >= 4 is 0 Å². The molecule has 0 radical (unpaired) electrons. The molecule has 2 heterocycles. The zero-order chi connectivity index (χ0) is 19.2. The molecular weight excluding hydrogens is 348 g/mol. The normalized spacial score (nSPS) is 23.8. The van der Waals surface area contributed by atoms with Gasteiger partial charge in [0.15, 0.2) is 0 Å². The minimum absolute atomic E-state index is 0.678. The lowest BCUT2D eigenvalue weighted by Crippen LogP contribution is -2.33. The van der Waals surface area contributed by atoms with Crippen LogP contribution in [0, 0.1) is 0 Å². The number of ether oxygens (including phenoxy) is 1. The van der Waals surface area contributed by atoms with Crippen LogP contribution < -0.4 is 4.74 Å². The largest absolute Gasteiger partial charge is 0.492 e. The van der Waals surface area contributed by atoms with Gasteiger partial charge in [-0.2, -0.15) is 0 Å². The predicted octanol–water partition coefficient (Wildman–Crippen LogP) is 3.64. The van der Waals surface area contributed by atoms with Crippen molar-refractivity contribution in [1.82, 2.24) is 9.80 Å². The van der Waals surface area contributed by atoms with Crippen LogP contribution >= 0.6 is 0 Å². The Labute approximate surface area is 168 Å². The maximum atomic E-state index is 11.0. The van der Waals surface area contributed by atoms with Crippen LogP contribution in [0.2, 0.25) is 0 Å². The molecule has 4 heteroatoms. The molecule has 1 N–H and O–H groups in total. The monoisotopic (exact) mass is 380 g/mol. The molecule has 0 bridgehead atoms. The average Bonchev–Trinajstić information content (AvgIpc) is 3.12. The summed E-state index contributed by atoms with van der Waals surface area (Å²) in [6.07, 6.45) is 4.79. The summed E-state index contributed by atoms with van der Waals surface area (Å²) in [5.41, 5.74) is 1.53. The second-order valence-corrected chi connectivity index (χ2v) is 8.26. The third-order valence-electron chi connectivity index (χ3n) is 6.07. The smallest absolute Gasteiger partial charge is 0.119 e. The summed E-state index contributed by atoms with van der Waals surface area (Å²) in [6, 6.07) is 18.5. The molecule has 2 aromatic rings. The minimum Gasteiger partial charge on any atom is -0.492 e. The molecule has 28 heavy (non-hydrogen) atoms. The zero-order valence-corrected chi connectivity index (χ0v) is 16.7. The van der Waals surface area contributed by atoms with E-state index in [9.17, 15) is 5.11 Å². The molecule has 2 aromatic carbocycles. The zero-order valence-electron chi connectivity index (χ0n) is 16.7. The SMILES string of the molecule is O[C@@]1(c2ccccc2)CCN(Cc2cccc(OCCN3CCCCC3)c2)C1. The minimum atomic E-state index is -0.732. The summed E-state index contributed by atoms with van der Waals surface area (Å²) in [4.78, 5) is 4.84. The van der Waals surface area contributed by atoms with E-state index in [1.54, 1.807) is 0 Å². The Hall–Kier alpha value is -1.88. The highest BCUT2D eigenvalue weighted by atomic mass is 16.5. The van der Waals surface area contributed by atoms with Crippen molar-refractivity contribution in [2.45, 2.75) is 37.8 Å². The van der Waals surface area contributed by atoms with Gasteiger partial charge in [-0.1, -0.05) is 48.9 Å². The van der Waals surface area contributed by atoms with Crippen LogP contribution in [0.1, 0.15) is 36.8 Å². The number of hydrogen-bond acceptors (Lipinski definition) is 4. The van der Waals surface area contributed by atoms with Crippen LogP contribution in [-0.2, 0) is 12.1 Å². The number of aliphatic hydroxyl groups is 1. The second kappa shape index (κ2) is 9.08. The van der Waals surface area contributed by atoms with E-state index in [1.165, 1.54) is 37.9 Å². The van der Waals surface area contributed by atoms with Crippen LogP contribution in [-0.4, -0.2) is 54.2 Å². The molecular formula is C24H32N2O2. The topological polar surface area (TPSA) is 35.9 Å². The van der Waals surface area contributed by atoms with Crippen molar-refractivity contribution in [2.24, 2.45) is 0 Å². The van der Waals surface area contributed by atoms with Gasteiger partial charge < -0.3 is 9.84 Å². The summed E-state index contributed by atoms with van der Waals surface area (Å²) in [6.45, 7) is 6.62. The Morgan fingerprint density at radius 2 is 1.71 bits per heavy atom.